The zero-order valence-electron chi connectivity index (χ0n) is 12.1. The first-order valence-electron chi connectivity index (χ1n) is 6.62. The molecule has 0 heterocycles. The number of halogens is 3. The van der Waals surface area contributed by atoms with Gasteiger partial charge in [0.1, 0.15) is 5.75 Å². The maximum Gasteiger partial charge on any atom is 0.341 e. The molecule has 2 aromatic rings. The van der Waals surface area contributed by atoms with Crippen LogP contribution in [0, 0.1) is 11.3 Å². The third-order valence-electron chi connectivity index (χ3n) is 2.97. The highest BCUT2D eigenvalue weighted by molar-refractivity contribution is 9.10. The van der Waals surface area contributed by atoms with Crippen molar-refractivity contribution in [3.63, 3.8) is 0 Å². The van der Waals surface area contributed by atoms with Gasteiger partial charge in [0.2, 0.25) is 0 Å². The van der Waals surface area contributed by atoms with Crippen LogP contribution in [0.15, 0.2) is 40.9 Å². The lowest BCUT2D eigenvalue weighted by Crippen LogP contribution is -2.10. The molecule has 4 nitrogen and oxygen atoms in total. The van der Waals surface area contributed by atoms with Crippen LogP contribution >= 0.6 is 39.1 Å². The molecule has 2 aromatic carbocycles. The Morgan fingerprint density at radius 2 is 2.00 bits per heavy atom. The summed E-state index contributed by atoms with van der Waals surface area (Å²) in [6.45, 7) is -0.475. The van der Waals surface area contributed by atoms with E-state index in [2.05, 4.69) is 22.0 Å². The van der Waals surface area contributed by atoms with Crippen molar-refractivity contribution in [1.29, 1.82) is 5.26 Å². The Kier molecular flexibility index (Phi) is 6.27. The summed E-state index contributed by atoms with van der Waals surface area (Å²) in [5.41, 5.74) is 1.50. The second kappa shape index (κ2) is 8.20. The Bertz CT molecular complexity index is 859. The van der Waals surface area contributed by atoms with Crippen molar-refractivity contribution < 1.29 is 14.6 Å². The number of nitrogens with zero attached hydrogens (tertiary/aromatic N) is 1. The normalized spacial score (nSPS) is 11.0. The topological polar surface area (TPSA) is 70.3 Å². The van der Waals surface area contributed by atoms with Crippen LogP contribution in [0.25, 0.3) is 11.6 Å². The van der Waals surface area contributed by atoms with Gasteiger partial charge in [0.15, 0.2) is 6.61 Å². The van der Waals surface area contributed by atoms with E-state index < -0.39 is 12.6 Å². The average molecular weight is 427 g/mol. The van der Waals surface area contributed by atoms with Gasteiger partial charge in [-0.25, -0.2) is 4.79 Å². The molecule has 122 valence electrons. The molecule has 1 N–H and O–H groups in total. The van der Waals surface area contributed by atoms with E-state index in [4.69, 9.17) is 33.0 Å². The SMILES string of the molecule is N#C/C(=C\c1cc(Br)ccc1OCC(=O)O)c1ccc(Cl)c(Cl)c1. The lowest BCUT2D eigenvalue weighted by atomic mass is 10.0. The van der Waals surface area contributed by atoms with Crippen LogP contribution in [0.3, 0.4) is 0 Å². The van der Waals surface area contributed by atoms with Crippen molar-refractivity contribution >= 4 is 56.8 Å². The first-order chi connectivity index (χ1) is 11.4. The molecule has 24 heavy (non-hydrogen) atoms. The summed E-state index contributed by atoms with van der Waals surface area (Å²) in [7, 11) is 0. The van der Waals surface area contributed by atoms with Gasteiger partial charge in [-0.2, -0.15) is 5.26 Å². The number of hydrogen-bond acceptors (Lipinski definition) is 3. The van der Waals surface area contributed by atoms with Gasteiger partial charge < -0.3 is 9.84 Å². The number of carboxylic acids is 1. The maximum absolute atomic E-state index is 10.7. The Labute approximate surface area is 157 Å². The van der Waals surface area contributed by atoms with Gasteiger partial charge >= 0.3 is 5.97 Å². The molecular formula is C17H10BrCl2NO3. The summed E-state index contributed by atoms with van der Waals surface area (Å²) in [6.07, 6.45) is 1.60. The van der Waals surface area contributed by atoms with Crippen molar-refractivity contribution in [3.05, 3.63) is 62.0 Å². The third-order valence-corrected chi connectivity index (χ3v) is 4.21. The summed E-state index contributed by atoms with van der Waals surface area (Å²) in [6, 6.07) is 12.1. The molecule has 2 rings (SSSR count). The molecule has 7 heteroatoms. The minimum atomic E-state index is -1.09. The van der Waals surface area contributed by atoms with Crippen LogP contribution in [0.2, 0.25) is 10.0 Å². The largest absolute Gasteiger partial charge is 0.481 e. The van der Waals surface area contributed by atoms with E-state index in [0.717, 1.165) is 4.47 Å². The van der Waals surface area contributed by atoms with E-state index in [9.17, 15) is 10.1 Å². The van der Waals surface area contributed by atoms with E-state index in [0.29, 0.717) is 32.5 Å². The van der Waals surface area contributed by atoms with Crippen LogP contribution in [-0.4, -0.2) is 17.7 Å². The second-order valence-corrected chi connectivity index (χ2v) is 6.39. The summed E-state index contributed by atoms with van der Waals surface area (Å²) in [5.74, 6) is -0.730. The van der Waals surface area contributed by atoms with Crippen LogP contribution in [0.4, 0.5) is 0 Å². The Morgan fingerprint density at radius 1 is 1.25 bits per heavy atom. The predicted octanol–water partition coefficient (Wildman–Crippen LogP) is 5.28. The van der Waals surface area contributed by atoms with E-state index >= 15 is 0 Å². The van der Waals surface area contributed by atoms with Crippen LogP contribution in [-0.2, 0) is 4.79 Å². The van der Waals surface area contributed by atoms with Crippen LogP contribution in [0.1, 0.15) is 11.1 Å². The minimum absolute atomic E-state index is 0.340. The Balaban J connectivity index is 2.46. The molecule has 0 atom stereocenters. The summed E-state index contributed by atoms with van der Waals surface area (Å²) >= 11 is 15.2. The summed E-state index contributed by atoms with van der Waals surface area (Å²) in [5, 5.41) is 18.9. The molecule has 0 amide bonds. The van der Waals surface area contributed by atoms with E-state index in [1.54, 1.807) is 42.5 Å². The highest BCUT2D eigenvalue weighted by atomic mass is 79.9. The number of hydrogen-bond donors (Lipinski definition) is 1. The molecule has 0 saturated carbocycles. The molecule has 0 saturated heterocycles. The van der Waals surface area contributed by atoms with E-state index in [1.165, 1.54) is 0 Å². The fourth-order valence-electron chi connectivity index (χ4n) is 1.90. The van der Waals surface area contributed by atoms with Gasteiger partial charge in [0, 0.05) is 10.0 Å². The fraction of sp³-hybridized carbons (Fsp3) is 0.0588. The molecule has 0 aliphatic carbocycles. The van der Waals surface area contributed by atoms with Gasteiger partial charge in [-0.05, 0) is 42.0 Å². The molecule has 0 spiro atoms. The maximum atomic E-state index is 10.7. The lowest BCUT2D eigenvalue weighted by molar-refractivity contribution is -0.139. The van der Waals surface area contributed by atoms with Gasteiger partial charge in [0.05, 0.1) is 21.7 Å². The zero-order valence-corrected chi connectivity index (χ0v) is 15.2. The van der Waals surface area contributed by atoms with Crippen LogP contribution in [0.5, 0.6) is 5.75 Å². The molecule has 0 aliphatic rings. The second-order valence-electron chi connectivity index (χ2n) is 4.66. The molecule has 0 aromatic heterocycles. The number of rotatable bonds is 5. The number of allylic oxidation sites excluding steroid dienone is 1. The summed E-state index contributed by atoms with van der Waals surface area (Å²) < 4.78 is 6.02. The first kappa shape index (κ1) is 18.3. The monoisotopic (exact) mass is 425 g/mol. The molecular weight excluding hydrogens is 417 g/mol. The van der Waals surface area contributed by atoms with Crippen molar-refractivity contribution in [2.75, 3.05) is 6.61 Å². The molecule has 0 aliphatic heterocycles. The number of benzene rings is 2. The van der Waals surface area contributed by atoms with Gasteiger partial charge in [-0.3, -0.25) is 0 Å². The molecule has 0 fully saturated rings. The standard InChI is InChI=1S/C17H10BrCl2NO3/c18-13-2-4-16(24-9-17(22)23)11(6-13)5-12(8-21)10-1-3-14(19)15(20)7-10/h1-7H,9H2,(H,22,23)/b12-5+. The van der Waals surface area contributed by atoms with Crippen molar-refractivity contribution in [2.24, 2.45) is 0 Å². The van der Waals surface area contributed by atoms with E-state index in [1.807, 2.05) is 0 Å². The van der Waals surface area contributed by atoms with Crippen molar-refractivity contribution in [3.8, 4) is 11.8 Å². The zero-order chi connectivity index (χ0) is 17.7. The quantitative estimate of drug-likeness (QED) is 0.521. The molecule has 0 unspecified atom stereocenters. The first-order valence-corrected chi connectivity index (χ1v) is 8.17. The van der Waals surface area contributed by atoms with Crippen molar-refractivity contribution in [1.82, 2.24) is 0 Å². The smallest absolute Gasteiger partial charge is 0.341 e. The number of carbonyl (C=O) groups is 1. The van der Waals surface area contributed by atoms with Gasteiger partial charge in [-0.15, -0.1) is 0 Å². The third kappa shape index (κ3) is 4.75. The highest BCUT2D eigenvalue weighted by Crippen LogP contribution is 2.30. The van der Waals surface area contributed by atoms with Gasteiger partial charge in [-0.1, -0.05) is 45.2 Å². The van der Waals surface area contributed by atoms with E-state index in [-0.39, 0.29) is 0 Å². The number of nitriles is 1. The Hall–Kier alpha value is -2.00. The van der Waals surface area contributed by atoms with Gasteiger partial charge in [0.25, 0.3) is 0 Å². The van der Waals surface area contributed by atoms with Crippen LogP contribution < -0.4 is 4.74 Å². The Morgan fingerprint density at radius 3 is 2.62 bits per heavy atom. The molecule has 0 radical (unpaired) electrons. The number of aliphatic carboxylic acids is 1. The lowest BCUT2D eigenvalue weighted by Gasteiger charge is -2.09. The van der Waals surface area contributed by atoms with Crippen molar-refractivity contribution in [2.45, 2.75) is 0 Å². The fourth-order valence-corrected chi connectivity index (χ4v) is 2.58. The predicted molar refractivity (Wildman–Crippen MR) is 97.2 cm³/mol. The average Bonchev–Trinajstić information content (AvgIpc) is 2.54. The summed E-state index contributed by atoms with van der Waals surface area (Å²) in [4.78, 5) is 10.7. The molecule has 0 bridgehead atoms. The number of carboxylic acid groups (broad SMARTS) is 1. The highest BCUT2D eigenvalue weighted by Gasteiger charge is 2.09. The minimum Gasteiger partial charge on any atom is -0.481 e. The number of ether oxygens (including phenoxy) is 1.